The Morgan fingerprint density at radius 2 is 1.86 bits per heavy atom. The first-order valence-corrected chi connectivity index (χ1v) is 9.19. The monoisotopic (exact) mass is 399 g/mol. The van der Waals surface area contributed by atoms with Gasteiger partial charge in [0.15, 0.2) is 6.61 Å². The number of aryl methyl sites for hydroxylation is 1. The second kappa shape index (κ2) is 8.96. The lowest BCUT2D eigenvalue weighted by Gasteiger charge is -2.07. The first kappa shape index (κ1) is 19.3. The van der Waals surface area contributed by atoms with Gasteiger partial charge in [-0.25, -0.2) is 9.78 Å². The van der Waals surface area contributed by atoms with Crippen LogP contribution in [-0.4, -0.2) is 29.4 Å². The minimum atomic E-state index is -0.774. The van der Waals surface area contributed by atoms with Crippen molar-refractivity contribution in [2.24, 2.45) is 0 Å². The fraction of sp³-hybridized carbons (Fsp3) is 0.158. The van der Waals surface area contributed by atoms with E-state index in [1.807, 2.05) is 42.6 Å². The molecule has 144 valence electrons. The molecule has 0 saturated carbocycles. The minimum Gasteiger partial charge on any atom is -0.457 e. The molecule has 0 radical (unpaired) electrons. The van der Waals surface area contributed by atoms with Crippen LogP contribution in [0.4, 0.5) is 0 Å². The number of hydrogen-bond donors (Lipinski definition) is 2. The van der Waals surface area contributed by atoms with Gasteiger partial charge < -0.3 is 9.15 Å². The van der Waals surface area contributed by atoms with Crippen molar-refractivity contribution in [2.75, 3.05) is 6.61 Å². The van der Waals surface area contributed by atoms with E-state index in [4.69, 9.17) is 9.15 Å². The largest absolute Gasteiger partial charge is 0.457 e. The molecule has 0 unspecified atom stereocenters. The van der Waals surface area contributed by atoms with Crippen LogP contribution in [-0.2, 0) is 20.7 Å². The summed E-state index contributed by atoms with van der Waals surface area (Å²) in [5.41, 5.74) is 6.62. The Morgan fingerprint density at radius 3 is 2.57 bits per heavy atom. The Hall–Kier alpha value is -3.46. The van der Waals surface area contributed by atoms with Crippen molar-refractivity contribution >= 4 is 29.1 Å². The number of ether oxygens (including phenoxy) is 1. The molecule has 28 heavy (non-hydrogen) atoms. The number of nitrogens with zero attached hydrogens (tertiary/aromatic N) is 1. The lowest BCUT2D eigenvalue weighted by atomic mass is 10.1. The predicted octanol–water partition coefficient (Wildman–Crippen LogP) is 2.26. The van der Waals surface area contributed by atoms with Crippen LogP contribution in [0.15, 0.2) is 52.5 Å². The highest BCUT2D eigenvalue weighted by Gasteiger charge is 2.19. The van der Waals surface area contributed by atoms with Crippen molar-refractivity contribution in [1.29, 1.82) is 0 Å². The zero-order chi connectivity index (χ0) is 19.9. The molecule has 2 aromatic heterocycles. The summed E-state index contributed by atoms with van der Waals surface area (Å²) in [4.78, 5) is 39.9. The van der Waals surface area contributed by atoms with Crippen LogP contribution in [0, 0.1) is 6.92 Å². The van der Waals surface area contributed by atoms with Gasteiger partial charge in [-0.3, -0.25) is 20.4 Å². The lowest BCUT2D eigenvalue weighted by molar-refractivity contribution is -0.130. The zero-order valence-corrected chi connectivity index (χ0v) is 15.7. The number of thiazole rings is 1. The van der Waals surface area contributed by atoms with Crippen LogP contribution in [0.25, 0.3) is 11.1 Å². The van der Waals surface area contributed by atoms with E-state index in [-0.39, 0.29) is 12.2 Å². The van der Waals surface area contributed by atoms with E-state index < -0.39 is 24.4 Å². The van der Waals surface area contributed by atoms with E-state index in [1.165, 1.54) is 17.6 Å². The SMILES string of the molecule is Cc1csc(CC(=O)NNC(=O)COC(=O)c2occc2-c2ccccc2)n1. The van der Waals surface area contributed by atoms with Gasteiger partial charge in [0.25, 0.3) is 5.91 Å². The Bertz CT molecular complexity index is 980. The van der Waals surface area contributed by atoms with Gasteiger partial charge >= 0.3 is 5.97 Å². The maximum absolute atomic E-state index is 12.2. The minimum absolute atomic E-state index is 0.00201. The van der Waals surface area contributed by atoms with Gasteiger partial charge in [0.1, 0.15) is 5.01 Å². The fourth-order valence-electron chi connectivity index (χ4n) is 2.35. The van der Waals surface area contributed by atoms with Crippen LogP contribution in [0.3, 0.4) is 0 Å². The number of hydrogen-bond acceptors (Lipinski definition) is 7. The van der Waals surface area contributed by atoms with Gasteiger partial charge in [0.2, 0.25) is 11.7 Å². The third-order valence-electron chi connectivity index (χ3n) is 3.59. The smallest absolute Gasteiger partial charge is 0.375 e. The van der Waals surface area contributed by atoms with Gasteiger partial charge in [-0.2, -0.15) is 0 Å². The Kier molecular flexibility index (Phi) is 6.18. The summed E-state index contributed by atoms with van der Waals surface area (Å²) in [6, 6.07) is 10.8. The lowest BCUT2D eigenvalue weighted by Crippen LogP contribution is -2.44. The van der Waals surface area contributed by atoms with Crippen LogP contribution < -0.4 is 10.9 Å². The van der Waals surface area contributed by atoms with Gasteiger partial charge in [-0.1, -0.05) is 30.3 Å². The molecule has 9 heteroatoms. The van der Waals surface area contributed by atoms with Crippen LogP contribution in [0.5, 0.6) is 0 Å². The van der Waals surface area contributed by atoms with Crippen molar-refractivity contribution in [3.8, 4) is 11.1 Å². The van der Waals surface area contributed by atoms with Gasteiger partial charge in [0.05, 0.1) is 12.7 Å². The predicted molar refractivity (Wildman–Crippen MR) is 101 cm³/mol. The second-order valence-electron chi connectivity index (χ2n) is 5.76. The van der Waals surface area contributed by atoms with Crippen molar-refractivity contribution in [3.05, 3.63) is 64.5 Å². The summed E-state index contributed by atoms with van der Waals surface area (Å²) < 4.78 is 10.2. The number of benzene rings is 1. The number of amides is 2. The standard InChI is InChI=1S/C19H17N3O5S/c1-12-11-28-17(20-12)9-15(23)21-22-16(24)10-27-19(25)18-14(7-8-26-18)13-5-3-2-4-6-13/h2-8,11H,9-10H2,1H3,(H,21,23)(H,22,24). The van der Waals surface area contributed by atoms with E-state index in [0.29, 0.717) is 10.6 Å². The average Bonchev–Trinajstić information content (AvgIpc) is 3.34. The molecule has 0 saturated heterocycles. The molecule has 0 aliphatic heterocycles. The zero-order valence-electron chi connectivity index (χ0n) is 14.9. The van der Waals surface area contributed by atoms with Gasteiger partial charge in [-0.15, -0.1) is 11.3 Å². The molecule has 3 rings (SSSR count). The number of hydrazine groups is 1. The van der Waals surface area contributed by atoms with Crippen molar-refractivity contribution < 1.29 is 23.5 Å². The second-order valence-corrected chi connectivity index (χ2v) is 6.70. The first-order chi connectivity index (χ1) is 13.5. The molecule has 0 fully saturated rings. The highest BCUT2D eigenvalue weighted by Crippen LogP contribution is 2.25. The summed E-state index contributed by atoms with van der Waals surface area (Å²) in [6.45, 7) is 1.26. The molecule has 1 aromatic carbocycles. The molecule has 0 aliphatic carbocycles. The van der Waals surface area contributed by atoms with Crippen LogP contribution in [0.2, 0.25) is 0 Å². The van der Waals surface area contributed by atoms with Gasteiger partial charge in [-0.05, 0) is 18.6 Å². The summed E-state index contributed by atoms with van der Waals surface area (Å²) in [7, 11) is 0. The third kappa shape index (κ3) is 5.04. The van der Waals surface area contributed by atoms with E-state index in [1.54, 1.807) is 6.07 Å². The van der Waals surface area contributed by atoms with Crippen LogP contribution >= 0.6 is 11.3 Å². The maximum atomic E-state index is 12.2. The Labute approximate surface area is 164 Å². The fourth-order valence-corrected chi connectivity index (χ4v) is 3.12. The summed E-state index contributed by atoms with van der Waals surface area (Å²) in [6.07, 6.45) is 1.42. The van der Waals surface area contributed by atoms with Crippen LogP contribution in [0.1, 0.15) is 21.3 Å². The number of aromatic nitrogens is 1. The first-order valence-electron chi connectivity index (χ1n) is 8.31. The molecule has 0 aliphatic rings. The summed E-state index contributed by atoms with van der Waals surface area (Å²) >= 11 is 1.36. The summed E-state index contributed by atoms with van der Waals surface area (Å²) in [5.74, 6) is -1.87. The average molecular weight is 399 g/mol. The highest BCUT2D eigenvalue weighted by molar-refractivity contribution is 7.09. The van der Waals surface area contributed by atoms with E-state index in [9.17, 15) is 14.4 Å². The molecule has 0 spiro atoms. The molecule has 2 N–H and O–H groups in total. The molecule has 3 aromatic rings. The maximum Gasteiger partial charge on any atom is 0.375 e. The van der Waals surface area contributed by atoms with E-state index in [2.05, 4.69) is 15.8 Å². The van der Waals surface area contributed by atoms with Crippen molar-refractivity contribution in [2.45, 2.75) is 13.3 Å². The number of rotatable bonds is 6. The number of nitrogens with one attached hydrogen (secondary N) is 2. The van der Waals surface area contributed by atoms with Crippen molar-refractivity contribution in [1.82, 2.24) is 15.8 Å². The summed E-state index contributed by atoms with van der Waals surface area (Å²) in [5, 5.41) is 2.47. The molecule has 8 nitrogen and oxygen atoms in total. The highest BCUT2D eigenvalue weighted by atomic mass is 32.1. The molecular weight excluding hydrogens is 382 g/mol. The molecule has 2 heterocycles. The van der Waals surface area contributed by atoms with Gasteiger partial charge in [0, 0.05) is 16.6 Å². The normalized spacial score (nSPS) is 10.3. The number of carbonyl (C=O) groups is 3. The quantitative estimate of drug-likeness (QED) is 0.486. The number of esters is 1. The molecule has 0 bridgehead atoms. The topological polar surface area (TPSA) is 111 Å². The van der Waals surface area contributed by atoms with E-state index >= 15 is 0 Å². The molecular formula is C19H17N3O5S. The number of furan rings is 1. The Morgan fingerprint density at radius 1 is 1.11 bits per heavy atom. The third-order valence-corrected chi connectivity index (χ3v) is 4.56. The molecule has 2 amide bonds. The number of carbonyl (C=O) groups excluding carboxylic acids is 3. The molecule has 0 atom stereocenters. The van der Waals surface area contributed by atoms with Crippen molar-refractivity contribution in [3.63, 3.8) is 0 Å². The van der Waals surface area contributed by atoms with E-state index in [0.717, 1.165) is 11.3 Å². The Balaban J connectivity index is 1.47.